The van der Waals surface area contributed by atoms with Crippen LogP contribution in [0.5, 0.6) is 0 Å². The second-order valence-corrected chi connectivity index (χ2v) is 4.40. The molecule has 1 rings (SSSR count). The van der Waals surface area contributed by atoms with Gasteiger partial charge in [-0.1, -0.05) is 29.3 Å². The van der Waals surface area contributed by atoms with E-state index in [1.165, 1.54) is 12.1 Å². The first kappa shape index (κ1) is 13.7. The Kier molecular flexibility index (Phi) is 5.15. The summed E-state index contributed by atoms with van der Waals surface area (Å²) in [7, 11) is 0. The van der Waals surface area contributed by atoms with Gasteiger partial charge in [0.25, 0.3) is 0 Å². The second-order valence-electron chi connectivity index (χ2n) is 3.48. The van der Waals surface area contributed by atoms with Gasteiger partial charge in [-0.15, -0.1) is 0 Å². The minimum Gasteiger partial charge on any atom is -0.478 e. The zero-order valence-electron chi connectivity index (χ0n) is 9.40. The third kappa shape index (κ3) is 3.85. The maximum absolute atomic E-state index is 11.7. The van der Waals surface area contributed by atoms with E-state index in [0.29, 0.717) is 11.1 Å². The van der Waals surface area contributed by atoms with Crippen molar-refractivity contribution in [3.63, 3.8) is 0 Å². The number of aromatic carboxylic acids is 1. The number of ether oxygens (including phenoxy) is 1. The van der Waals surface area contributed by atoms with E-state index in [4.69, 9.17) is 9.84 Å². The van der Waals surface area contributed by atoms with Gasteiger partial charge in [0.1, 0.15) is 0 Å². The molecule has 0 aromatic heterocycles. The summed E-state index contributed by atoms with van der Waals surface area (Å²) in [5.74, 6) is -1.74. The molecule has 0 radical (unpaired) electrons. The van der Waals surface area contributed by atoms with Crippen LogP contribution in [0.1, 0.15) is 40.5 Å². The van der Waals surface area contributed by atoms with Gasteiger partial charge in [0.05, 0.1) is 17.7 Å². The third-order valence-electron chi connectivity index (χ3n) is 2.16. The summed E-state index contributed by atoms with van der Waals surface area (Å²) in [6, 6.07) is 4.41. The van der Waals surface area contributed by atoms with Crippen LogP contribution in [0, 0.1) is 0 Å². The quantitative estimate of drug-likeness (QED) is 0.670. The average Bonchev–Trinajstić information content (AvgIpc) is 2.28. The lowest BCUT2D eigenvalue weighted by Crippen LogP contribution is -2.12. The van der Waals surface area contributed by atoms with Crippen molar-refractivity contribution in [2.45, 2.75) is 19.8 Å². The lowest BCUT2D eigenvalue weighted by molar-refractivity contribution is 0.0489. The van der Waals surface area contributed by atoms with Crippen molar-refractivity contribution < 1.29 is 19.4 Å². The zero-order valence-corrected chi connectivity index (χ0v) is 11.0. The second kappa shape index (κ2) is 6.39. The molecule has 0 fully saturated rings. The average molecular weight is 301 g/mol. The van der Waals surface area contributed by atoms with Crippen LogP contribution >= 0.6 is 15.9 Å². The first-order valence-electron chi connectivity index (χ1n) is 5.26. The van der Waals surface area contributed by atoms with Crippen molar-refractivity contribution >= 4 is 27.9 Å². The van der Waals surface area contributed by atoms with Crippen LogP contribution in [0.25, 0.3) is 0 Å². The number of hydrogen-bond acceptors (Lipinski definition) is 3. The number of hydrogen-bond donors (Lipinski definition) is 1. The molecule has 0 heterocycles. The van der Waals surface area contributed by atoms with Crippen LogP contribution in [0.15, 0.2) is 22.7 Å². The first-order valence-corrected chi connectivity index (χ1v) is 6.05. The Hall–Kier alpha value is -1.36. The number of carbonyl (C=O) groups is 2. The van der Waals surface area contributed by atoms with Crippen LogP contribution in [-0.2, 0) is 4.74 Å². The molecule has 4 nitrogen and oxygen atoms in total. The molecule has 0 aliphatic rings. The predicted octanol–water partition coefficient (Wildman–Crippen LogP) is 3.10. The Morgan fingerprint density at radius 3 is 2.65 bits per heavy atom. The molecule has 1 aromatic rings. The summed E-state index contributed by atoms with van der Waals surface area (Å²) >= 11 is 3.19. The number of carbonyl (C=O) groups excluding carboxylic acids is 1. The number of rotatable bonds is 5. The fourth-order valence-corrected chi connectivity index (χ4v) is 1.62. The highest BCUT2D eigenvalue weighted by Gasteiger charge is 2.17. The number of unbranched alkanes of at least 4 members (excludes halogenated alkanes) is 1. The molecule has 0 unspecified atom stereocenters. The summed E-state index contributed by atoms with van der Waals surface area (Å²) in [6.07, 6.45) is 1.68. The molecular formula is C12H13BrO4. The summed E-state index contributed by atoms with van der Waals surface area (Å²) in [4.78, 5) is 22.6. The molecular weight excluding hydrogens is 288 g/mol. The van der Waals surface area contributed by atoms with E-state index in [1.807, 2.05) is 6.92 Å². The summed E-state index contributed by atoms with van der Waals surface area (Å²) in [6.45, 7) is 2.29. The highest BCUT2D eigenvalue weighted by atomic mass is 79.9. The minimum atomic E-state index is -1.14. The van der Waals surface area contributed by atoms with Crippen molar-refractivity contribution in [3.05, 3.63) is 33.8 Å². The van der Waals surface area contributed by atoms with Crippen LogP contribution in [0.4, 0.5) is 0 Å². The third-order valence-corrected chi connectivity index (χ3v) is 2.66. The maximum Gasteiger partial charge on any atom is 0.339 e. The SMILES string of the molecule is CCCCOC(=O)c1cc(Br)ccc1C(=O)O. The molecule has 17 heavy (non-hydrogen) atoms. The Morgan fingerprint density at radius 2 is 2.06 bits per heavy atom. The van der Waals surface area contributed by atoms with Crippen molar-refractivity contribution in [2.24, 2.45) is 0 Å². The monoisotopic (exact) mass is 300 g/mol. The normalized spacial score (nSPS) is 10.0. The molecule has 0 aliphatic carbocycles. The highest BCUT2D eigenvalue weighted by molar-refractivity contribution is 9.10. The van der Waals surface area contributed by atoms with Crippen molar-refractivity contribution in [1.29, 1.82) is 0 Å². The fourth-order valence-electron chi connectivity index (χ4n) is 1.26. The summed E-state index contributed by atoms with van der Waals surface area (Å²) in [5.41, 5.74) is 0.0256. The van der Waals surface area contributed by atoms with Gasteiger partial charge in [0.15, 0.2) is 0 Å². The summed E-state index contributed by atoms with van der Waals surface area (Å²) < 4.78 is 5.63. The molecule has 0 amide bonds. The van der Waals surface area contributed by atoms with Crippen LogP contribution in [-0.4, -0.2) is 23.7 Å². The van der Waals surface area contributed by atoms with Gasteiger partial charge in [-0.2, -0.15) is 0 Å². The van der Waals surface area contributed by atoms with Crippen LogP contribution in [0.2, 0.25) is 0 Å². The van der Waals surface area contributed by atoms with Gasteiger partial charge in [0.2, 0.25) is 0 Å². The van der Waals surface area contributed by atoms with E-state index in [9.17, 15) is 9.59 Å². The molecule has 0 saturated heterocycles. The Labute approximate surface area is 108 Å². The number of benzene rings is 1. The molecule has 0 saturated carbocycles. The zero-order chi connectivity index (χ0) is 12.8. The van der Waals surface area contributed by atoms with E-state index in [2.05, 4.69) is 15.9 Å². The van der Waals surface area contributed by atoms with E-state index >= 15 is 0 Å². The number of halogens is 1. The topological polar surface area (TPSA) is 63.6 Å². The van der Waals surface area contributed by atoms with Gasteiger partial charge in [0, 0.05) is 4.47 Å². The molecule has 0 spiro atoms. The molecule has 1 aromatic carbocycles. The molecule has 1 N–H and O–H groups in total. The Morgan fingerprint density at radius 1 is 1.35 bits per heavy atom. The molecule has 0 bridgehead atoms. The molecule has 0 aliphatic heterocycles. The molecule has 5 heteroatoms. The van der Waals surface area contributed by atoms with Gasteiger partial charge >= 0.3 is 11.9 Å². The molecule has 0 atom stereocenters. The van der Waals surface area contributed by atoms with Crippen molar-refractivity contribution in [3.8, 4) is 0 Å². The van der Waals surface area contributed by atoms with Crippen molar-refractivity contribution in [1.82, 2.24) is 0 Å². The van der Waals surface area contributed by atoms with Crippen molar-refractivity contribution in [2.75, 3.05) is 6.61 Å². The highest BCUT2D eigenvalue weighted by Crippen LogP contribution is 2.18. The number of carboxylic acids is 1. The fraction of sp³-hybridized carbons (Fsp3) is 0.333. The Balaban J connectivity index is 2.90. The number of esters is 1. The molecule has 92 valence electrons. The van der Waals surface area contributed by atoms with E-state index < -0.39 is 11.9 Å². The van der Waals surface area contributed by atoms with Gasteiger partial charge in [-0.05, 0) is 24.6 Å². The smallest absolute Gasteiger partial charge is 0.339 e. The predicted molar refractivity (Wildman–Crippen MR) is 66.3 cm³/mol. The van der Waals surface area contributed by atoms with Gasteiger partial charge < -0.3 is 9.84 Å². The van der Waals surface area contributed by atoms with Gasteiger partial charge in [-0.25, -0.2) is 9.59 Å². The lowest BCUT2D eigenvalue weighted by atomic mass is 10.1. The van der Waals surface area contributed by atoms with E-state index in [0.717, 1.165) is 12.8 Å². The lowest BCUT2D eigenvalue weighted by Gasteiger charge is -2.07. The first-order chi connectivity index (χ1) is 8.06. The maximum atomic E-state index is 11.7. The minimum absolute atomic E-state index is 0.0466. The Bertz CT molecular complexity index is 429. The largest absolute Gasteiger partial charge is 0.478 e. The van der Waals surface area contributed by atoms with Crippen LogP contribution in [0.3, 0.4) is 0 Å². The summed E-state index contributed by atoms with van der Waals surface area (Å²) in [5, 5.41) is 8.95. The number of carboxylic acid groups (broad SMARTS) is 1. The van der Waals surface area contributed by atoms with Gasteiger partial charge in [-0.3, -0.25) is 0 Å². The standard InChI is InChI=1S/C12H13BrO4/c1-2-3-6-17-12(16)10-7-8(13)4-5-9(10)11(14)15/h4-5,7H,2-3,6H2,1H3,(H,14,15). The van der Waals surface area contributed by atoms with E-state index in [1.54, 1.807) is 6.07 Å². The van der Waals surface area contributed by atoms with E-state index in [-0.39, 0.29) is 11.1 Å². The van der Waals surface area contributed by atoms with Crippen LogP contribution < -0.4 is 0 Å².